The molecule has 0 N–H and O–H groups in total. The average Bonchev–Trinajstić information content (AvgIpc) is 2.62. The van der Waals surface area contributed by atoms with Crippen LogP contribution in [0.5, 0.6) is 5.75 Å². The molecule has 0 aliphatic rings. The van der Waals surface area contributed by atoms with Crippen molar-refractivity contribution in [1.82, 2.24) is 0 Å². The SMILES string of the molecule is C=CC(=O)Oc1ccc(/N=N/c2ccc(CCCCC)cc2)cc1. The van der Waals surface area contributed by atoms with Crippen LogP contribution in [0.25, 0.3) is 0 Å². The number of carbonyl (C=O) groups is 1. The number of nitrogens with zero attached hydrogens (tertiary/aromatic N) is 2. The number of hydrogen-bond acceptors (Lipinski definition) is 4. The lowest BCUT2D eigenvalue weighted by atomic mass is 10.1. The normalized spacial score (nSPS) is 10.7. The van der Waals surface area contributed by atoms with Crippen LogP contribution in [-0.2, 0) is 11.2 Å². The molecule has 2 aromatic carbocycles. The molecule has 0 saturated heterocycles. The van der Waals surface area contributed by atoms with Gasteiger partial charge in [-0.05, 0) is 54.8 Å². The Morgan fingerprint density at radius 2 is 1.58 bits per heavy atom. The molecule has 0 radical (unpaired) electrons. The zero-order valence-corrected chi connectivity index (χ0v) is 13.9. The maximum Gasteiger partial charge on any atom is 0.335 e. The van der Waals surface area contributed by atoms with Crippen LogP contribution in [0.4, 0.5) is 11.4 Å². The summed E-state index contributed by atoms with van der Waals surface area (Å²) in [6, 6.07) is 15.0. The first-order valence-electron chi connectivity index (χ1n) is 8.16. The summed E-state index contributed by atoms with van der Waals surface area (Å²) in [5, 5.41) is 8.41. The maximum absolute atomic E-state index is 11.1. The Balaban J connectivity index is 1.92. The number of esters is 1. The molecule has 0 saturated carbocycles. The van der Waals surface area contributed by atoms with E-state index >= 15 is 0 Å². The number of carbonyl (C=O) groups excluding carboxylic acids is 1. The molecule has 124 valence electrons. The van der Waals surface area contributed by atoms with E-state index in [4.69, 9.17) is 4.74 Å². The number of ether oxygens (including phenoxy) is 1. The molecule has 0 aliphatic heterocycles. The number of hydrogen-bond donors (Lipinski definition) is 0. The van der Waals surface area contributed by atoms with E-state index in [2.05, 4.69) is 35.9 Å². The van der Waals surface area contributed by atoms with E-state index in [1.54, 1.807) is 24.3 Å². The molecule has 0 unspecified atom stereocenters. The zero-order valence-electron chi connectivity index (χ0n) is 13.9. The van der Waals surface area contributed by atoms with E-state index in [-0.39, 0.29) is 0 Å². The molecule has 4 heteroatoms. The molecule has 0 aromatic heterocycles. The summed E-state index contributed by atoms with van der Waals surface area (Å²) in [5.74, 6) is -0.0290. The van der Waals surface area contributed by atoms with Crippen LogP contribution in [0.3, 0.4) is 0 Å². The van der Waals surface area contributed by atoms with Crippen LogP contribution in [-0.4, -0.2) is 5.97 Å². The van der Waals surface area contributed by atoms with Crippen LogP contribution in [0.1, 0.15) is 31.7 Å². The molecule has 0 aliphatic carbocycles. The average molecular weight is 322 g/mol. The van der Waals surface area contributed by atoms with Gasteiger partial charge in [0, 0.05) is 6.08 Å². The highest BCUT2D eigenvalue weighted by molar-refractivity contribution is 5.83. The molecular formula is C20H22N2O2. The highest BCUT2D eigenvalue weighted by atomic mass is 16.5. The Morgan fingerprint density at radius 3 is 2.12 bits per heavy atom. The summed E-state index contributed by atoms with van der Waals surface area (Å²) in [4.78, 5) is 11.1. The lowest BCUT2D eigenvalue weighted by Gasteiger charge is -2.01. The van der Waals surface area contributed by atoms with Crippen molar-refractivity contribution in [3.8, 4) is 5.75 Å². The molecule has 0 heterocycles. The van der Waals surface area contributed by atoms with Crippen molar-refractivity contribution in [3.63, 3.8) is 0 Å². The Labute approximate surface area is 142 Å². The van der Waals surface area contributed by atoms with Crippen molar-refractivity contribution < 1.29 is 9.53 Å². The van der Waals surface area contributed by atoms with Crippen molar-refractivity contribution in [2.75, 3.05) is 0 Å². The van der Waals surface area contributed by atoms with Gasteiger partial charge in [-0.2, -0.15) is 10.2 Å². The highest BCUT2D eigenvalue weighted by Crippen LogP contribution is 2.22. The summed E-state index contributed by atoms with van der Waals surface area (Å²) >= 11 is 0. The summed E-state index contributed by atoms with van der Waals surface area (Å²) in [7, 11) is 0. The van der Waals surface area contributed by atoms with E-state index in [9.17, 15) is 4.79 Å². The molecule has 24 heavy (non-hydrogen) atoms. The Kier molecular flexibility index (Phi) is 6.90. The minimum Gasteiger partial charge on any atom is -0.423 e. The monoisotopic (exact) mass is 322 g/mol. The van der Waals surface area contributed by atoms with Gasteiger partial charge in [-0.1, -0.05) is 38.5 Å². The number of benzene rings is 2. The third-order valence-electron chi connectivity index (χ3n) is 3.51. The van der Waals surface area contributed by atoms with Gasteiger partial charge in [0.2, 0.25) is 0 Å². The van der Waals surface area contributed by atoms with Gasteiger partial charge in [-0.15, -0.1) is 0 Å². The molecule has 0 spiro atoms. The first kappa shape index (κ1) is 17.6. The topological polar surface area (TPSA) is 51.0 Å². The largest absolute Gasteiger partial charge is 0.423 e. The Hall–Kier alpha value is -2.75. The van der Waals surface area contributed by atoms with Crippen molar-refractivity contribution >= 4 is 17.3 Å². The van der Waals surface area contributed by atoms with Crippen LogP contribution < -0.4 is 4.74 Å². The van der Waals surface area contributed by atoms with Crippen LogP contribution in [0, 0.1) is 0 Å². The Bertz CT molecular complexity index is 689. The molecular weight excluding hydrogens is 300 g/mol. The maximum atomic E-state index is 11.1. The van der Waals surface area contributed by atoms with Gasteiger partial charge in [-0.25, -0.2) is 4.79 Å². The highest BCUT2D eigenvalue weighted by Gasteiger charge is 1.99. The van der Waals surface area contributed by atoms with Crippen molar-refractivity contribution in [2.24, 2.45) is 10.2 Å². The van der Waals surface area contributed by atoms with E-state index in [1.165, 1.54) is 24.8 Å². The van der Waals surface area contributed by atoms with Crippen molar-refractivity contribution in [3.05, 3.63) is 66.7 Å². The lowest BCUT2D eigenvalue weighted by molar-refractivity contribution is -0.128. The second kappa shape index (κ2) is 9.40. The van der Waals surface area contributed by atoms with Crippen LogP contribution in [0.15, 0.2) is 71.4 Å². The predicted molar refractivity (Wildman–Crippen MR) is 96.1 cm³/mol. The van der Waals surface area contributed by atoms with E-state index in [1.807, 2.05) is 12.1 Å². The van der Waals surface area contributed by atoms with Gasteiger partial charge in [-0.3, -0.25) is 0 Å². The van der Waals surface area contributed by atoms with Crippen molar-refractivity contribution in [2.45, 2.75) is 32.6 Å². The first-order chi connectivity index (χ1) is 11.7. The predicted octanol–water partition coefficient (Wildman–Crippen LogP) is 5.93. The van der Waals surface area contributed by atoms with Gasteiger partial charge >= 0.3 is 5.97 Å². The van der Waals surface area contributed by atoms with Gasteiger partial charge in [0.1, 0.15) is 5.75 Å². The number of rotatable bonds is 8. The number of unbranched alkanes of at least 4 members (excludes halogenated alkanes) is 2. The number of azo groups is 1. The first-order valence-corrected chi connectivity index (χ1v) is 8.16. The fourth-order valence-corrected chi connectivity index (χ4v) is 2.16. The summed E-state index contributed by atoms with van der Waals surface area (Å²) in [6.45, 7) is 5.56. The second-order valence-electron chi connectivity index (χ2n) is 5.44. The third kappa shape index (κ3) is 5.80. The molecule has 0 bridgehead atoms. The molecule has 0 fully saturated rings. The van der Waals surface area contributed by atoms with E-state index in [0.29, 0.717) is 11.4 Å². The van der Waals surface area contributed by atoms with E-state index in [0.717, 1.165) is 18.2 Å². The second-order valence-corrected chi connectivity index (χ2v) is 5.44. The fourth-order valence-electron chi connectivity index (χ4n) is 2.16. The lowest BCUT2D eigenvalue weighted by Crippen LogP contribution is -2.02. The molecule has 0 amide bonds. The fraction of sp³-hybridized carbons (Fsp3) is 0.250. The van der Waals surface area contributed by atoms with E-state index < -0.39 is 5.97 Å². The van der Waals surface area contributed by atoms with Crippen molar-refractivity contribution in [1.29, 1.82) is 0 Å². The number of aryl methyl sites for hydroxylation is 1. The van der Waals surface area contributed by atoms with Gasteiger partial charge in [0.15, 0.2) is 0 Å². The minimum atomic E-state index is -0.483. The van der Waals surface area contributed by atoms with Crippen LogP contribution >= 0.6 is 0 Å². The third-order valence-corrected chi connectivity index (χ3v) is 3.51. The standard InChI is InChI=1S/C20H22N2O2/c1-3-5-6-7-16-8-10-17(11-9-16)21-22-18-12-14-19(15-13-18)24-20(23)4-2/h4,8-15H,2-3,5-7H2,1H3/b22-21+. The van der Waals surface area contributed by atoms with Gasteiger partial charge in [0.25, 0.3) is 0 Å². The quantitative estimate of drug-likeness (QED) is 0.199. The molecule has 2 rings (SSSR count). The summed E-state index contributed by atoms with van der Waals surface area (Å²) in [6.07, 6.45) is 5.95. The zero-order chi connectivity index (χ0) is 17.2. The summed E-state index contributed by atoms with van der Waals surface area (Å²) in [5.41, 5.74) is 2.84. The van der Waals surface area contributed by atoms with Gasteiger partial charge < -0.3 is 4.74 Å². The molecule has 0 atom stereocenters. The molecule has 4 nitrogen and oxygen atoms in total. The van der Waals surface area contributed by atoms with Gasteiger partial charge in [0.05, 0.1) is 11.4 Å². The Morgan fingerprint density at radius 1 is 1.00 bits per heavy atom. The molecule has 2 aromatic rings. The minimum absolute atomic E-state index is 0.454. The smallest absolute Gasteiger partial charge is 0.335 e. The summed E-state index contributed by atoms with van der Waals surface area (Å²) < 4.78 is 5.01. The van der Waals surface area contributed by atoms with Crippen LogP contribution in [0.2, 0.25) is 0 Å².